The Hall–Kier alpha value is -1.52. The zero-order valence-electron chi connectivity index (χ0n) is 20.5. The molecule has 5 atom stereocenters. The van der Waals surface area contributed by atoms with Crippen molar-refractivity contribution in [1.82, 2.24) is 0 Å². The lowest BCUT2D eigenvalue weighted by molar-refractivity contribution is -0.368. The van der Waals surface area contributed by atoms with Crippen LogP contribution in [-0.2, 0) is 19.1 Å². The summed E-state index contributed by atoms with van der Waals surface area (Å²) in [7, 11) is 2.11. The van der Waals surface area contributed by atoms with Gasteiger partial charge in [0.25, 0.3) is 5.60 Å². The fourth-order valence-corrected chi connectivity index (χ4v) is 6.18. The number of alkyl halides is 6. The van der Waals surface area contributed by atoms with Crippen molar-refractivity contribution in [2.75, 3.05) is 14.2 Å². The van der Waals surface area contributed by atoms with Crippen molar-refractivity contribution in [3.63, 3.8) is 0 Å². The van der Waals surface area contributed by atoms with Crippen LogP contribution in [0.3, 0.4) is 0 Å². The molecule has 5 nitrogen and oxygen atoms in total. The summed E-state index contributed by atoms with van der Waals surface area (Å²) in [5.41, 5.74) is -5.08. The Morgan fingerprint density at radius 2 is 1.29 bits per heavy atom. The van der Waals surface area contributed by atoms with Gasteiger partial charge in [0.15, 0.2) is 0 Å². The van der Waals surface area contributed by atoms with Crippen LogP contribution in [0.4, 0.5) is 26.3 Å². The summed E-state index contributed by atoms with van der Waals surface area (Å²) in [6.45, 7) is 4.60. The monoisotopic (exact) mass is 518 g/mol. The summed E-state index contributed by atoms with van der Waals surface area (Å²) < 4.78 is 80.0. The highest BCUT2D eigenvalue weighted by Gasteiger charge is 2.71. The highest BCUT2D eigenvalue weighted by Crippen LogP contribution is 2.55. The fourth-order valence-electron chi connectivity index (χ4n) is 6.18. The number of halogens is 6. The van der Waals surface area contributed by atoms with Gasteiger partial charge in [0, 0.05) is 0 Å². The SMILES string of the molecule is C1CC2CCC1C2.COC(=O)C1CC2CC1C(C)C2C.COC(=O)CC(O)(C(F)(F)F)C(F)(F)F. The number of hydrogen-bond acceptors (Lipinski definition) is 5. The van der Waals surface area contributed by atoms with Crippen molar-refractivity contribution < 1.29 is 50.5 Å². The van der Waals surface area contributed by atoms with Crippen molar-refractivity contribution in [2.45, 2.75) is 83.2 Å². The van der Waals surface area contributed by atoms with Gasteiger partial charge in [-0.2, -0.15) is 26.3 Å². The quantitative estimate of drug-likeness (QED) is 0.384. The Balaban J connectivity index is 0.000000195. The predicted molar refractivity (Wildman–Crippen MR) is 114 cm³/mol. The number of rotatable bonds is 3. The first kappa shape index (κ1) is 29.7. The molecule has 5 unspecified atom stereocenters. The van der Waals surface area contributed by atoms with E-state index in [4.69, 9.17) is 9.84 Å². The van der Waals surface area contributed by atoms with Gasteiger partial charge in [-0.3, -0.25) is 9.59 Å². The molecule has 0 saturated heterocycles. The smallest absolute Gasteiger partial charge is 0.426 e. The Morgan fingerprint density at radius 3 is 1.57 bits per heavy atom. The minimum absolute atomic E-state index is 0.0197. The largest absolute Gasteiger partial charge is 0.469 e. The third kappa shape index (κ3) is 6.63. The maximum absolute atomic E-state index is 11.9. The molecule has 0 aromatic rings. The number of aliphatic hydroxyl groups is 1. The van der Waals surface area contributed by atoms with Crippen LogP contribution in [0.1, 0.15) is 65.2 Å². The number of esters is 2. The summed E-state index contributed by atoms with van der Waals surface area (Å²) in [6.07, 6.45) is -4.08. The molecule has 0 heterocycles. The second-order valence-corrected chi connectivity index (χ2v) is 10.5. The van der Waals surface area contributed by atoms with Gasteiger partial charge in [0.2, 0.25) is 0 Å². The van der Waals surface area contributed by atoms with Gasteiger partial charge in [-0.25, -0.2) is 0 Å². The molecule has 0 aliphatic heterocycles. The Labute approximate surface area is 201 Å². The average Bonchev–Trinajstić information content (AvgIpc) is 3.56. The van der Waals surface area contributed by atoms with Crippen LogP contribution in [0.5, 0.6) is 0 Å². The maximum atomic E-state index is 11.9. The third-order valence-corrected chi connectivity index (χ3v) is 8.60. The van der Waals surface area contributed by atoms with Gasteiger partial charge in [0.1, 0.15) is 0 Å². The van der Waals surface area contributed by atoms with E-state index in [2.05, 4.69) is 18.6 Å². The number of hydrogen-bond donors (Lipinski definition) is 1. The summed E-state index contributed by atoms with van der Waals surface area (Å²) in [5.74, 6) is 3.67. The maximum Gasteiger partial charge on any atom is 0.426 e. The molecule has 1 N–H and O–H groups in total. The zero-order chi connectivity index (χ0) is 26.8. The van der Waals surface area contributed by atoms with E-state index in [1.165, 1.54) is 25.4 Å². The summed E-state index contributed by atoms with van der Waals surface area (Å²) in [6, 6.07) is 0. The lowest BCUT2D eigenvalue weighted by atomic mass is 9.76. The first-order valence-corrected chi connectivity index (χ1v) is 12.1. The van der Waals surface area contributed by atoms with Gasteiger partial charge >= 0.3 is 24.3 Å². The Morgan fingerprint density at radius 1 is 0.800 bits per heavy atom. The second kappa shape index (κ2) is 11.3. The molecule has 4 saturated carbocycles. The minimum atomic E-state index is -6.00. The van der Waals surface area contributed by atoms with Crippen LogP contribution in [0.25, 0.3) is 0 Å². The molecule has 4 rings (SSSR count). The molecule has 0 aromatic heterocycles. The minimum Gasteiger partial charge on any atom is -0.469 e. The van der Waals surface area contributed by atoms with Crippen molar-refractivity contribution in [3.05, 3.63) is 0 Å². The molecule has 204 valence electrons. The van der Waals surface area contributed by atoms with E-state index in [9.17, 15) is 35.9 Å². The molecular formula is C24H36F6O5. The van der Waals surface area contributed by atoms with Crippen LogP contribution in [0.15, 0.2) is 0 Å². The molecule has 4 bridgehead atoms. The van der Waals surface area contributed by atoms with E-state index in [0.717, 1.165) is 18.3 Å². The van der Waals surface area contributed by atoms with Gasteiger partial charge in [-0.05, 0) is 54.8 Å². The van der Waals surface area contributed by atoms with Gasteiger partial charge in [-0.15, -0.1) is 0 Å². The zero-order valence-corrected chi connectivity index (χ0v) is 20.5. The topological polar surface area (TPSA) is 72.8 Å². The van der Waals surface area contributed by atoms with E-state index in [0.29, 0.717) is 18.9 Å². The first-order chi connectivity index (χ1) is 16.1. The molecule has 0 spiro atoms. The Bertz CT molecular complexity index is 703. The van der Waals surface area contributed by atoms with Gasteiger partial charge in [-0.1, -0.05) is 39.5 Å². The summed E-state index contributed by atoms with van der Waals surface area (Å²) in [5, 5.41) is 8.43. The van der Waals surface area contributed by atoms with Crippen molar-refractivity contribution >= 4 is 11.9 Å². The molecule has 0 radical (unpaired) electrons. The molecule has 4 aliphatic carbocycles. The van der Waals surface area contributed by atoms with Crippen LogP contribution in [0.2, 0.25) is 0 Å². The average molecular weight is 519 g/mol. The van der Waals surface area contributed by atoms with E-state index in [-0.39, 0.29) is 11.9 Å². The second-order valence-electron chi connectivity index (χ2n) is 10.5. The van der Waals surface area contributed by atoms with Crippen LogP contribution in [0, 0.1) is 41.4 Å². The van der Waals surface area contributed by atoms with E-state index in [1.807, 2.05) is 0 Å². The van der Waals surface area contributed by atoms with Crippen molar-refractivity contribution in [3.8, 4) is 0 Å². The van der Waals surface area contributed by atoms with Gasteiger partial charge in [0.05, 0.1) is 26.6 Å². The van der Waals surface area contributed by atoms with E-state index < -0.39 is 30.3 Å². The first-order valence-electron chi connectivity index (χ1n) is 12.1. The van der Waals surface area contributed by atoms with Gasteiger partial charge < -0.3 is 14.6 Å². The van der Waals surface area contributed by atoms with Crippen molar-refractivity contribution in [2.24, 2.45) is 41.4 Å². The Kier molecular flexibility index (Phi) is 9.55. The fraction of sp³-hybridized carbons (Fsp3) is 0.917. The number of carbonyl (C=O) groups is 2. The van der Waals surface area contributed by atoms with Crippen LogP contribution in [-0.4, -0.2) is 49.2 Å². The number of ether oxygens (including phenoxy) is 2. The van der Waals surface area contributed by atoms with E-state index >= 15 is 0 Å². The molecule has 0 aromatic carbocycles. The number of methoxy groups -OCH3 is 2. The highest BCUT2D eigenvalue weighted by atomic mass is 19.4. The molecule has 11 heteroatoms. The van der Waals surface area contributed by atoms with Crippen LogP contribution >= 0.6 is 0 Å². The lowest BCUT2D eigenvalue weighted by Crippen LogP contribution is -2.58. The van der Waals surface area contributed by atoms with Crippen molar-refractivity contribution in [1.29, 1.82) is 0 Å². The molecule has 0 amide bonds. The number of carbonyl (C=O) groups excluding carboxylic acids is 2. The highest BCUT2D eigenvalue weighted by molar-refractivity contribution is 5.73. The summed E-state index contributed by atoms with van der Waals surface area (Å²) in [4.78, 5) is 21.8. The lowest BCUT2D eigenvalue weighted by Gasteiger charge is -2.31. The number of fused-ring (bicyclic) bond motifs is 4. The standard InChI is InChI=1S/C11H18O2.C7H12.C6H6F6O3/c1-6-7(2)9-4-8(6)5-10(9)11(12)13-3;1-2-7-4-3-6(1)5-7;1-15-3(13)2-4(14,5(7,8)9)6(10,11)12/h6-10H,4-5H2,1-3H3;6-7H,1-5H2;14H,2H2,1H3. The molecule has 35 heavy (non-hydrogen) atoms. The molecule has 4 fully saturated rings. The molecule has 4 aliphatic rings. The summed E-state index contributed by atoms with van der Waals surface area (Å²) >= 11 is 0. The molecular weight excluding hydrogens is 482 g/mol. The third-order valence-electron chi connectivity index (χ3n) is 8.60. The normalized spacial score (nSPS) is 33.4. The predicted octanol–water partition coefficient (Wildman–Crippen LogP) is 5.69. The van der Waals surface area contributed by atoms with Crippen LogP contribution < -0.4 is 0 Å². The van der Waals surface area contributed by atoms with E-state index in [1.54, 1.807) is 32.1 Å².